The van der Waals surface area contributed by atoms with Gasteiger partial charge in [-0.05, 0) is 60.7 Å². The molecule has 0 bridgehead atoms. The van der Waals surface area contributed by atoms with Crippen molar-refractivity contribution >= 4 is 23.3 Å². The van der Waals surface area contributed by atoms with E-state index in [1.54, 1.807) is 48.5 Å². The fraction of sp³-hybridized carbons (Fsp3) is 0.125. The van der Waals surface area contributed by atoms with Crippen LogP contribution in [-0.4, -0.2) is 25.3 Å². The van der Waals surface area contributed by atoms with Gasteiger partial charge in [-0.3, -0.25) is 4.84 Å². The van der Waals surface area contributed by atoms with E-state index in [9.17, 15) is 18.0 Å². The molecule has 0 aliphatic heterocycles. The molecule has 170 valence electrons. The normalized spacial score (nSPS) is 10.7. The van der Waals surface area contributed by atoms with E-state index in [0.29, 0.717) is 22.6 Å². The van der Waals surface area contributed by atoms with Gasteiger partial charge in [-0.2, -0.15) is 13.2 Å². The summed E-state index contributed by atoms with van der Waals surface area (Å²) < 4.78 is 43.8. The smallest absolute Gasteiger partial charge is 0.416 e. The number of halogens is 4. The number of hydrogen-bond acceptors (Lipinski definition) is 3. The van der Waals surface area contributed by atoms with E-state index in [1.165, 1.54) is 20.2 Å². The van der Waals surface area contributed by atoms with Crippen LogP contribution in [0.1, 0.15) is 16.7 Å². The van der Waals surface area contributed by atoms with Crippen LogP contribution in [-0.2, 0) is 11.0 Å². The molecule has 0 aliphatic carbocycles. The lowest BCUT2D eigenvalue weighted by Gasteiger charge is -2.14. The second kappa shape index (κ2) is 10.3. The number of hydrogen-bond donors (Lipinski definition) is 1. The maximum atomic E-state index is 12.8. The molecule has 33 heavy (non-hydrogen) atoms. The van der Waals surface area contributed by atoms with Gasteiger partial charge in [0.25, 0.3) is 0 Å². The standard InChI is InChI=1S/C24H18ClF3N2O3/c1-30(32-2)23(31)29-19-5-3-4-17(14-19)7-6-16-8-11-20(12-9-16)33-22-13-10-18(15-21(22)25)24(26,27)28/h3-5,8-15H,1-2H3,(H,29,31). The second-order valence-corrected chi connectivity index (χ2v) is 7.12. The van der Waals surface area contributed by atoms with Gasteiger partial charge in [0.2, 0.25) is 0 Å². The van der Waals surface area contributed by atoms with Gasteiger partial charge in [0.05, 0.1) is 17.7 Å². The van der Waals surface area contributed by atoms with Crippen LogP contribution in [0.25, 0.3) is 0 Å². The number of nitrogens with one attached hydrogen (secondary N) is 1. The number of carbonyl (C=O) groups excluding carboxylic acids is 1. The molecule has 3 rings (SSSR count). The molecular weight excluding hydrogens is 457 g/mol. The van der Waals surface area contributed by atoms with E-state index in [1.807, 2.05) is 0 Å². The minimum absolute atomic E-state index is 0.112. The predicted octanol–water partition coefficient (Wildman–Crippen LogP) is 6.58. The van der Waals surface area contributed by atoms with Crippen LogP contribution in [0, 0.1) is 11.8 Å². The average molecular weight is 475 g/mol. The third-order valence-corrected chi connectivity index (χ3v) is 4.66. The predicted molar refractivity (Wildman–Crippen MR) is 119 cm³/mol. The summed E-state index contributed by atoms with van der Waals surface area (Å²) in [6.07, 6.45) is -4.48. The Morgan fingerprint density at radius 2 is 1.70 bits per heavy atom. The van der Waals surface area contributed by atoms with E-state index < -0.39 is 17.8 Å². The van der Waals surface area contributed by atoms with Gasteiger partial charge in [-0.1, -0.05) is 29.5 Å². The van der Waals surface area contributed by atoms with E-state index in [0.717, 1.165) is 17.2 Å². The summed E-state index contributed by atoms with van der Waals surface area (Å²) in [4.78, 5) is 16.7. The highest BCUT2D eigenvalue weighted by Gasteiger charge is 2.31. The fourth-order valence-corrected chi connectivity index (χ4v) is 2.82. The number of amides is 2. The average Bonchev–Trinajstić information content (AvgIpc) is 2.79. The molecule has 0 atom stereocenters. The molecule has 9 heteroatoms. The van der Waals surface area contributed by atoms with Crippen molar-refractivity contribution in [2.24, 2.45) is 0 Å². The molecule has 3 aromatic carbocycles. The Morgan fingerprint density at radius 1 is 1.00 bits per heavy atom. The van der Waals surface area contributed by atoms with Crippen LogP contribution in [0.15, 0.2) is 66.7 Å². The molecule has 0 fully saturated rings. The first-order valence-corrected chi connectivity index (χ1v) is 9.89. The van der Waals surface area contributed by atoms with E-state index in [-0.39, 0.29) is 10.8 Å². The Morgan fingerprint density at radius 3 is 2.33 bits per heavy atom. The Hall–Kier alpha value is -3.67. The number of carbonyl (C=O) groups is 1. The highest BCUT2D eigenvalue weighted by atomic mass is 35.5. The first-order chi connectivity index (χ1) is 15.7. The van der Waals surface area contributed by atoms with E-state index in [4.69, 9.17) is 21.2 Å². The van der Waals surface area contributed by atoms with Gasteiger partial charge in [0.1, 0.15) is 11.5 Å². The molecule has 0 heterocycles. The van der Waals surface area contributed by atoms with Crippen molar-refractivity contribution in [2.45, 2.75) is 6.18 Å². The SMILES string of the molecule is CON(C)C(=O)Nc1cccc(C#Cc2ccc(Oc3ccc(C(F)(F)F)cc3Cl)cc2)c1. The van der Waals surface area contributed by atoms with Gasteiger partial charge >= 0.3 is 12.2 Å². The molecule has 0 radical (unpaired) electrons. The van der Waals surface area contributed by atoms with E-state index >= 15 is 0 Å². The summed E-state index contributed by atoms with van der Waals surface area (Å²) in [5, 5.41) is 3.60. The lowest BCUT2D eigenvalue weighted by Crippen LogP contribution is -2.30. The van der Waals surface area contributed by atoms with Gasteiger partial charge in [0.15, 0.2) is 0 Å². The van der Waals surface area contributed by atoms with Crippen LogP contribution in [0.3, 0.4) is 0 Å². The summed E-state index contributed by atoms with van der Waals surface area (Å²) in [5.74, 6) is 6.51. The van der Waals surface area contributed by atoms with Crippen LogP contribution >= 0.6 is 11.6 Å². The van der Waals surface area contributed by atoms with Crippen LogP contribution in [0.5, 0.6) is 11.5 Å². The second-order valence-electron chi connectivity index (χ2n) is 6.71. The molecule has 0 saturated heterocycles. The molecule has 0 aromatic heterocycles. The number of rotatable bonds is 4. The Labute approximate surface area is 193 Å². The summed E-state index contributed by atoms with van der Waals surface area (Å²) in [6.45, 7) is 0. The van der Waals surface area contributed by atoms with Crippen molar-refractivity contribution in [1.29, 1.82) is 0 Å². The lowest BCUT2D eigenvalue weighted by atomic mass is 10.1. The van der Waals surface area contributed by atoms with Gasteiger partial charge in [-0.15, -0.1) is 0 Å². The molecule has 5 nitrogen and oxygen atoms in total. The summed E-state index contributed by atoms with van der Waals surface area (Å²) in [7, 11) is 2.87. The van der Waals surface area contributed by atoms with Crippen molar-refractivity contribution in [3.63, 3.8) is 0 Å². The number of alkyl halides is 3. The van der Waals surface area contributed by atoms with Crippen LogP contribution in [0.4, 0.5) is 23.7 Å². The number of nitrogens with zero attached hydrogens (tertiary/aromatic N) is 1. The van der Waals surface area contributed by atoms with Crippen molar-refractivity contribution in [1.82, 2.24) is 5.06 Å². The highest BCUT2D eigenvalue weighted by molar-refractivity contribution is 6.32. The number of hydroxylamine groups is 2. The quantitative estimate of drug-likeness (QED) is 0.343. The Bertz CT molecular complexity index is 1200. The Balaban J connectivity index is 1.68. The zero-order valence-corrected chi connectivity index (χ0v) is 18.3. The molecular formula is C24H18ClF3N2O3. The first-order valence-electron chi connectivity index (χ1n) is 9.51. The minimum Gasteiger partial charge on any atom is -0.456 e. The van der Waals surface area contributed by atoms with Crippen molar-refractivity contribution < 1.29 is 27.5 Å². The largest absolute Gasteiger partial charge is 0.456 e. The van der Waals surface area contributed by atoms with Gasteiger partial charge < -0.3 is 10.1 Å². The topological polar surface area (TPSA) is 50.8 Å². The number of anilines is 1. The van der Waals surface area contributed by atoms with Crippen LogP contribution in [0.2, 0.25) is 5.02 Å². The van der Waals surface area contributed by atoms with Gasteiger partial charge in [0, 0.05) is 23.9 Å². The van der Waals surface area contributed by atoms with Crippen molar-refractivity contribution in [2.75, 3.05) is 19.5 Å². The minimum atomic E-state index is -4.48. The Kier molecular flexibility index (Phi) is 7.48. The fourth-order valence-electron chi connectivity index (χ4n) is 2.60. The number of benzene rings is 3. The highest BCUT2D eigenvalue weighted by Crippen LogP contribution is 2.36. The molecule has 0 spiro atoms. The third kappa shape index (κ3) is 6.65. The van der Waals surface area contributed by atoms with Crippen molar-refractivity contribution in [3.05, 3.63) is 88.4 Å². The molecule has 0 saturated carbocycles. The summed E-state index contributed by atoms with van der Waals surface area (Å²) in [6, 6.07) is 16.2. The number of ether oxygens (including phenoxy) is 1. The monoisotopic (exact) mass is 474 g/mol. The molecule has 3 aromatic rings. The molecule has 1 N–H and O–H groups in total. The maximum Gasteiger partial charge on any atom is 0.416 e. The zero-order valence-electron chi connectivity index (χ0n) is 17.5. The lowest BCUT2D eigenvalue weighted by molar-refractivity contribution is -0.137. The molecule has 0 unspecified atom stereocenters. The van der Waals surface area contributed by atoms with Crippen molar-refractivity contribution in [3.8, 4) is 23.3 Å². The molecule has 0 aliphatic rings. The molecule has 2 amide bonds. The van der Waals surface area contributed by atoms with E-state index in [2.05, 4.69) is 17.2 Å². The third-order valence-electron chi connectivity index (χ3n) is 4.37. The zero-order chi connectivity index (χ0) is 24.0. The maximum absolute atomic E-state index is 12.8. The number of urea groups is 1. The van der Waals surface area contributed by atoms with Gasteiger partial charge in [-0.25, -0.2) is 9.86 Å². The van der Waals surface area contributed by atoms with Crippen LogP contribution < -0.4 is 10.1 Å². The summed E-state index contributed by atoms with van der Waals surface area (Å²) in [5.41, 5.74) is 1.09. The summed E-state index contributed by atoms with van der Waals surface area (Å²) >= 11 is 5.92. The first kappa shape index (κ1) is 24.0.